The topological polar surface area (TPSA) is 67.6 Å². The molecule has 128 valence electrons. The standard InChI is InChI=1S/C16H25N3O3S/c1-12-14(13(2)22-18-12)9-15(20)17-10-16(3-8-23-11-16)19-4-6-21-7-5-19/h3-11H2,1-2H3,(H,17,20)/t16-/m1/s1. The second-order valence-electron chi connectivity index (χ2n) is 6.38. The molecule has 2 saturated heterocycles. The number of nitrogens with one attached hydrogen (secondary N) is 1. The number of aryl methyl sites for hydroxylation is 2. The first kappa shape index (κ1) is 16.8. The predicted molar refractivity (Wildman–Crippen MR) is 89.8 cm³/mol. The summed E-state index contributed by atoms with van der Waals surface area (Å²) >= 11 is 1.98. The Kier molecular flexibility index (Phi) is 5.28. The zero-order chi connectivity index (χ0) is 16.3. The second kappa shape index (κ2) is 7.23. The number of rotatable bonds is 5. The maximum atomic E-state index is 12.4. The van der Waals surface area contributed by atoms with E-state index < -0.39 is 0 Å². The average Bonchev–Trinajstić information content (AvgIpc) is 3.17. The van der Waals surface area contributed by atoms with Gasteiger partial charge in [-0.25, -0.2) is 0 Å². The molecule has 2 aliphatic heterocycles. The molecule has 1 aromatic rings. The number of amides is 1. The van der Waals surface area contributed by atoms with Crippen LogP contribution in [-0.2, 0) is 16.0 Å². The SMILES string of the molecule is Cc1noc(C)c1CC(=O)NC[C@]1(N2CCOCC2)CCSC1. The van der Waals surface area contributed by atoms with Gasteiger partial charge in [0.1, 0.15) is 5.76 Å². The van der Waals surface area contributed by atoms with Crippen molar-refractivity contribution >= 4 is 17.7 Å². The summed E-state index contributed by atoms with van der Waals surface area (Å²) in [7, 11) is 0. The van der Waals surface area contributed by atoms with Crippen LogP contribution in [0.15, 0.2) is 4.52 Å². The maximum Gasteiger partial charge on any atom is 0.224 e. The van der Waals surface area contributed by atoms with Gasteiger partial charge in [0, 0.05) is 36.5 Å². The molecule has 0 aliphatic carbocycles. The molecule has 0 bridgehead atoms. The highest BCUT2D eigenvalue weighted by molar-refractivity contribution is 7.99. The van der Waals surface area contributed by atoms with Crippen LogP contribution in [-0.4, -0.2) is 65.9 Å². The molecule has 0 radical (unpaired) electrons. The first-order valence-corrected chi connectivity index (χ1v) is 9.35. The lowest BCUT2D eigenvalue weighted by Gasteiger charge is -2.43. The van der Waals surface area contributed by atoms with Crippen molar-refractivity contribution in [2.75, 3.05) is 44.4 Å². The fourth-order valence-corrected chi connectivity index (χ4v) is 4.85. The molecule has 7 heteroatoms. The molecule has 1 amide bonds. The van der Waals surface area contributed by atoms with Gasteiger partial charge in [-0.3, -0.25) is 9.69 Å². The summed E-state index contributed by atoms with van der Waals surface area (Å²) in [6.07, 6.45) is 1.47. The van der Waals surface area contributed by atoms with E-state index in [9.17, 15) is 4.79 Å². The molecule has 23 heavy (non-hydrogen) atoms. The molecule has 2 fully saturated rings. The van der Waals surface area contributed by atoms with Crippen LogP contribution >= 0.6 is 11.8 Å². The van der Waals surface area contributed by atoms with Gasteiger partial charge in [-0.15, -0.1) is 0 Å². The summed E-state index contributed by atoms with van der Waals surface area (Å²) in [5, 5.41) is 7.06. The summed E-state index contributed by atoms with van der Waals surface area (Å²) in [5.74, 6) is 3.02. The zero-order valence-electron chi connectivity index (χ0n) is 13.9. The van der Waals surface area contributed by atoms with Crippen LogP contribution in [0.1, 0.15) is 23.4 Å². The number of nitrogens with zero attached hydrogens (tertiary/aromatic N) is 2. The maximum absolute atomic E-state index is 12.4. The Morgan fingerprint density at radius 2 is 2.17 bits per heavy atom. The number of aromatic nitrogens is 1. The molecular weight excluding hydrogens is 314 g/mol. The van der Waals surface area contributed by atoms with Crippen molar-refractivity contribution in [2.24, 2.45) is 0 Å². The van der Waals surface area contributed by atoms with E-state index in [0.29, 0.717) is 13.0 Å². The quantitative estimate of drug-likeness (QED) is 0.868. The number of hydrogen-bond donors (Lipinski definition) is 1. The Balaban J connectivity index is 1.59. The minimum absolute atomic E-state index is 0.0453. The van der Waals surface area contributed by atoms with Crippen molar-refractivity contribution in [3.05, 3.63) is 17.0 Å². The van der Waals surface area contributed by atoms with Crippen LogP contribution < -0.4 is 5.32 Å². The van der Waals surface area contributed by atoms with Crippen LogP contribution in [0.4, 0.5) is 0 Å². The van der Waals surface area contributed by atoms with Gasteiger partial charge in [-0.1, -0.05) is 5.16 Å². The highest BCUT2D eigenvalue weighted by Crippen LogP contribution is 2.33. The summed E-state index contributed by atoms with van der Waals surface area (Å²) in [6.45, 7) is 7.94. The average molecular weight is 339 g/mol. The smallest absolute Gasteiger partial charge is 0.224 e. The number of morpholine rings is 1. The largest absolute Gasteiger partial charge is 0.379 e. The second-order valence-corrected chi connectivity index (χ2v) is 7.49. The molecule has 1 N–H and O–H groups in total. The fraction of sp³-hybridized carbons (Fsp3) is 0.750. The molecule has 6 nitrogen and oxygen atoms in total. The third kappa shape index (κ3) is 3.72. The van der Waals surface area contributed by atoms with Gasteiger partial charge in [0.15, 0.2) is 0 Å². The van der Waals surface area contributed by atoms with E-state index >= 15 is 0 Å². The molecular formula is C16H25N3O3S. The Morgan fingerprint density at radius 1 is 1.39 bits per heavy atom. The van der Waals surface area contributed by atoms with Crippen LogP contribution in [0.3, 0.4) is 0 Å². The van der Waals surface area contributed by atoms with Crippen LogP contribution in [0.2, 0.25) is 0 Å². The Bertz CT molecular complexity index is 529. The third-order valence-electron chi connectivity index (χ3n) is 4.90. The van der Waals surface area contributed by atoms with Gasteiger partial charge in [-0.2, -0.15) is 11.8 Å². The monoisotopic (exact) mass is 339 g/mol. The Morgan fingerprint density at radius 3 is 2.78 bits per heavy atom. The van der Waals surface area contributed by atoms with Gasteiger partial charge in [0.25, 0.3) is 0 Å². The Hall–Kier alpha value is -1.05. The van der Waals surface area contributed by atoms with E-state index in [0.717, 1.165) is 61.2 Å². The number of ether oxygens (including phenoxy) is 1. The van der Waals surface area contributed by atoms with Crippen molar-refractivity contribution in [2.45, 2.75) is 32.2 Å². The van der Waals surface area contributed by atoms with Crippen LogP contribution in [0, 0.1) is 13.8 Å². The first-order valence-electron chi connectivity index (χ1n) is 8.20. The summed E-state index contributed by atoms with van der Waals surface area (Å²) in [6, 6.07) is 0. The molecule has 0 saturated carbocycles. The first-order chi connectivity index (χ1) is 11.1. The minimum Gasteiger partial charge on any atom is -0.379 e. The summed E-state index contributed by atoms with van der Waals surface area (Å²) in [5.41, 5.74) is 1.80. The van der Waals surface area contributed by atoms with E-state index in [-0.39, 0.29) is 11.4 Å². The number of hydrogen-bond acceptors (Lipinski definition) is 6. The zero-order valence-corrected chi connectivity index (χ0v) is 14.7. The predicted octanol–water partition coefficient (Wildman–Crippen LogP) is 1.16. The molecule has 1 aromatic heterocycles. The number of thioether (sulfide) groups is 1. The lowest BCUT2D eigenvalue weighted by molar-refractivity contribution is -0.121. The van der Waals surface area contributed by atoms with E-state index in [4.69, 9.17) is 9.26 Å². The lowest BCUT2D eigenvalue weighted by Crippen LogP contribution is -2.59. The van der Waals surface area contributed by atoms with Gasteiger partial charge in [-0.05, 0) is 26.0 Å². The van der Waals surface area contributed by atoms with Crippen molar-refractivity contribution in [3.63, 3.8) is 0 Å². The van der Waals surface area contributed by atoms with Gasteiger partial charge < -0.3 is 14.6 Å². The summed E-state index contributed by atoms with van der Waals surface area (Å²) < 4.78 is 10.6. The number of carbonyl (C=O) groups is 1. The number of carbonyl (C=O) groups excluding carboxylic acids is 1. The van der Waals surface area contributed by atoms with Crippen molar-refractivity contribution in [1.29, 1.82) is 0 Å². The van der Waals surface area contributed by atoms with E-state index in [1.807, 2.05) is 25.6 Å². The highest BCUT2D eigenvalue weighted by atomic mass is 32.2. The minimum atomic E-state index is 0.0453. The molecule has 3 heterocycles. The molecule has 0 spiro atoms. The molecule has 0 unspecified atom stereocenters. The molecule has 3 rings (SSSR count). The van der Waals surface area contributed by atoms with Crippen molar-refractivity contribution < 1.29 is 14.1 Å². The summed E-state index contributed by atoms with van der Waals surface area (Å²) in [4.78, 5) is 14.9. The van der Waals surface area contributed by atoms with Gasteiger partial charge >= 0.3 is 0 Å². The van der Waals surface area contributed by atoms with E-state index in [1.54, 1.807) is 0 Å². The van der Waals surface area contributed by atoms with Crippen LogP contribution in [0.25, 0.3) is 0 Å². The molecule has 2 aliphatic rings. The normalized spacial score (nSPS) is 25.7. The van der Waals surface area contributed by atoms with Gasteiger partial charge in [0.2, 0.25) is 5.91 Å². The van der Waals surface area contributed by atoms with Crippen molar-refractivity contribution in [3.8, 4) is 0 Å². The Labute approximate surface area is 141 Å². The lowest BCUT2D eigenvalue weighted by atomic mass is 9.95. The van der Waals surface area contributed by atoms with Crippen molar-refractivity contribution in [1.82, 2.24) is 15.4 Å². The van der Waals surface area contributed by atoms with Crippen LogP contribution in [0.5, 0.6) is 0 Å². The van der Waals surface area contributed by atoms with Gasteiger partial charge in [0.05, 0.1) is 25.3 Å². The van der Waals surface area contributed by atoms with E-state index in [2.05, 4.69) is 15.4 Å². The highest BCUT2D eigenvalue weighted by Gasteiger charge is 2.40. The van der Waals surface area contributed by atoms with E-state index in [1.165, 1.54) is 0 Å². The molecule has 1 atom stereocenters. The molecule has 0 aromatic carbocycles. The third-order valence-corrected chi connectivity index (χ3v) is 6.13. The fourth-order valence-electron chi connectivity index (χ4n) is 3.38.